The Morgan fingerprint density at radius 1 is 1.37 bits per heavy atom. The van der Waals surface area contributed by atoms with Gasteiger partial charge in [0.25, 0.3) is 0 Å². The summed E-state index contributed by atoms with van der Waals surface area (Å²) in [6.45, 7) is 1.67. The minimum atomic E-state index is -0.539. The second kappa shape index (κ2) is 4.75. The van der Waals surface area contributed by atoms with Gasteiger partial charge in [0.15, 0.2) is 5.82 Å². The fourth-order valence-corrected chi connectivity index (χ4v) is 2.12. The van der Waals surface area contributed by atoms with Gasteiger partial charge in [0.05, 0.1) is 11.3 Å². The summed E-state index contributed by atoms with van der Waals surface area (Å²) in [5.74, 6) is -0.0352. The molecule has 0 saturated carbocycles. The molecule has 1 N–H and O–H groups in total. The van der Waals surface area contributed by atoms with Crippen LogP contribution >= 0.6 is 0 Å². The summed E-state index contributed by atoms with van der Waals surface area (Å²) in [5, 5.41) is 12.0. The van der Waals surface area contributed by atoms with Gasteiger partial charge in [0, 0.05) is 36.8 Å². The molecule has 1 aliphatic rings. The van der Waals surface area contributed by atoms with E-state index in [0.717, 1.165) is 30.8 Å². The van der Waals surface area contributed by atoms with Crippen LogP contribution in [0.4, 0.5) is 4.39 Å². The van der Waals surface area contributed by atoms with Gasteiger partial charge in [-0.3, -0.25) is 0 Å². The SMILES string of the molecule is N#Cc1ccc(-c2ncc3c(n2)CCNC3)cc1F. The smallest absolute Gasteiger partial charge is 0.159 e. The summed E-state index contributed by atoms with van der Waals surface area (Å²) in [4.78, 5) is 8.74. The molecule has 3 rings (SSSR count). The zero-order valence-electron chi connectivity index (χ0n) is 10.2. The number of aromatic nitrogens is 2. The molecule has 0 spiro atoms. The number of hydrogen-bond acceptors (Lipinski definition) is 4. The lowest BCUT2D eigenvalue weighted by Gasteiger charge is -2.16. The topological polar surface area (TPSA) is 61.6 Å². The molecule has 0 unspecified atom stereocenters. The van der Waals surface area contributed by atoms with Crippen LogP contribution in [0.25, 0.3) is 11.4 Å². The van der Waals surface area contributed by atoms with E-state index in [0.29, 0.717) is 11.4 Å². The summed E-state index contributed by atoms with van der Waals surface area (Å²) >= 11 is 0. The Labute approximate surface area is 109 Å². The molecule has 0 radical (unpaired) electrons. The molecule has 1 aromatic heterocycles. The van der Waals surface area contributed by atoms with Gasteiger partial charge in [-0.05, 0) is 18.2 Å². The molecule has 2 heterocycles. The first-order chi connectivity index (χ1) is 9.28. The predicted molar refractivity (Wildman–Crippen MR) is 67.6 cm³/mol. The third-order valence-electron chi connectivity index (χ3n) is 3.16. The summed E-state index contributed by atoms with van der Waals surface area (Å²) in [6, 6.07) is 6.23. The minimum Gasteiger partial charge on any atom is -0.312 e. The van der Waals surface area contributed by atoms with Gasteiger partial charge in [-0.2, -0.15) is 5.26 Å². The molecular formula is C14H11FN4. The fraction of sp³-hybridized carbons (Fsp3) is 0.214. The van der Waals surface area contributed by atoms with Gasteiger partial charge in [-0.1, -0.05) is 0 Å². The Morgan fingerprint density at radius 3 is 3.05 bits per heavy atom. The van der Waals surface area contributed by atoms with Crippen LogP contribution < -0.4 is 5.32 Å². The third kappa shape index (κ3) is 2.18. The largest absolute Gasteiger partial charge is 0.312 e. The van der Waals surface area contributed by atoms with Crippen LogP contribution in [0.15, 0.2) is 24.4 Å². The Kier molecular flexibility index (Phi) is 2.94. The van der Waals surface area contributed by atoms with Crippen LogP contribution in [0.5, 0.6) is 0 Å². The lowest BCUT2D eigenvalue weighted by molar-refractivity contribution is 0.622. The van der Waals surface area contributed by atoms with Crippen molar-refractivity contribution in [2.75, 3.05) is 6.54 Å². The van der Waals surface area contributed by atoms with Crippen molar-refractivity contribution in [1.82, 2.24) is 15.3 Å². The van der Waals surface area contributed by atoms with Gasteiger partial charge in [-0.15, -0.1) is 0 Å². The van der Waals surface area contributed by atoms with Crippen LogP contribution in [0.3, 0.4) is 0 Å². The van der Waals surface area contributed by atoms with Crippen molar-refractivity contribution < 1.29 is 4.39 Å². The zero-order chi connectivity index (χ0) is 13.2. The highest BCUT2D eigenvalue weighted by atomic mass is 19.1. The van der Waals surface area contributed by atoms with Crippen LogP contribution in [0.1, 0.15) is 16.8 Å². The number of hydrogen-bond donors (Lipinski definition) is 1. The number of rotatable bonds is 1. The molecule has 94 valence electrons. The molecule has 4 nitrogen and oxygen atoms in total. The van der Waals surface area contributed by atoms with Crippen molar-refractivity contribution in [1.29, 1.82) is 5.26 Å². The van der Waals surface area contributed by atoms with E-state index in [-0.39, 0.29) is 5.56 Å². The van der Waals surface area contributed by atoms with Crippen molar-refractivity contribution in [3.8, 4) is 17.5 Å². The third-order valence-corrected chi connectivity index (χ3v) is 3.16. The minimum absolute atomic E-state index is 0.0333. The lowest BCUT2D eigenvalue weighted by atomic mass is 10.1. The first-order valence-corrected chi connectivity index (χ1v) is 6.03. The average Bonchev–Trinajstić information content (AvgIpc) is 2.46. The highest BCUT2D eigenvalue weighted by molar-refractivity contribution is 5.57. The molecule has 1 aliphatic heterocycles. The summed E-state index contributed by atoms with van der Waals surface area (Å²) in [5.41, 5.74) is 2.72. The van der Waals surface area contributed by atoms with Gasteiger partial charge >= 0.3 is 0 Å². The predicted octanol–water partition coefficient (Wildman–Crippen LogP) is 1.80. The van der Waals surface area contributed by atoms with Crippen molar-refractivity contribution in [3.05, 3.63) is 47.0 Å². The van der Waals surface area contributed by atoms with Crippen molar-refractivity contribution in [3.63, 3.8) is 0 Å². The Hall–Kier alpha value is -2.32. The molecular weight excluding hydrogens is 243 g/mol. The lowest BCUT2D eigenvalue weighted by Crippen LogP contribution is -2.24. The number of nitrogens with one attached hydrogen (secondary N) is 1. The number of nitrogens with zero attached hydrogens (tertiary/aromatic N) is 3. The maximum absolute atomic E-state index is 13.6. The Morgan fingerprint density at radius 2 is 2.26 bits per heavy atom. The van der Waals surface area contributed by atoms with E-state index >= 15 is 0 Å². The summed E-state index contributed by atoms with van der Waals surface area (Å²) < 4.78 is 13.6. The molecule has 0 aliphatic carbocycles. The molecule has 0 atom stereocenters. The quantitative estimate of drug-likeness (QED) is 0.843. The Balaban J connectivity index is 2.03. The molecule has 2 aromatic rings. The second-order valence-electron chi connectivity index (χ2n) is 4.40. The van der Waals surface area contributed by atoms with Crippen LogP contribution in [-0.2, 0) is 13.0 Å². The standard InChI is InChI=1S/C14H11FN4/c15-12-5-9(1-2-10(12)6-16)14-18-8-11-7-17-4-3-13(11)19-14/h1-2,5,8,17H,3-4,7H2. The van der Waals surface area contributed by atoms with Crippen LogP contribution in [0.2, 0.25) is 0 Å². The number of nitriles is 1. The van der Waals surface area contributed by atoms with E-state index in [1.54, 1.807) is 18.3 Å². The summed E-state index contributed by atoms with van der Waals surface area (Å²) in [6.07, 6.45) is 2.63. The highest BCUT2D eigenvalue weighted by Gasteiger charge is 2.13. The molecule has 1 aromatic carbocycles. The fourth-order valence-electron chi connectivity index (χ4n) is 2.12. The molecule has 19 heavy (non-hydrogen) atoms. The number of fused-ring (bicyclic) bond motifs is 1. The van der Waals surface area contributed by atoms with E-state index in [4.69, 9.17) is 5.26 Å². The molecule has 0 saturated heterocycles. The summed E-state index contributed by atoms with van der Waals surface area (Å²) in [7, 11) is 0. The monoisotopic (exact) mass is 254 g/mol. The average molecular weight is 254 g/mol. The van der Waals surface area contributed by atoms with Crippen molar-refractivity contribution in [2.24, 2.45) is 0 Å². The maximum atomic E-state index is 13.6. The number of halogens is 1. The Bertz CT molecular complexity index is 676. The normalized spacial score (nSPS) is 13.7. The number of benzene rings is 1. The van der Waals surface area contributed by atoms with Gasteiger partial charge in [0.2, 0.25) is 0 Å². The van der Waals surface area contributed by atoms with E-state index in [2.05, 4.69) is 15.3 Å². The molecule has 0 bridgehead atoms. The van der Waals surface area contributed by atoms with Gasteiger partial charge in [-0.25, -0.2) is 14.4 Å². The van der Waals surface area contributed by atoms with E-state index in [1.165, 1.54) is 12.1 Å². The van der Waals surface area contributed by atoms with Crippen molar-refractivity contribution in [2.45, 2.75) is 13.0 Å². The highest BCUT2D eigenvalue weighted by Crippen LogP contribution is 2.20. The van der Waals surface area contributed by atoms with Gasteiger partial charge < -0.3 is 5.32 Å². The first kappa shape index (κ1) is 11.8. The van der Waals surface area contributed by atoms with Crippen LogP contribution in [-0.4, -0.2) is 16.5 Å². The van der Waals surface area contributed by atoms with E-state index in [9.17, 15) is 4.39 Å². The second-order valence-corrected chi connectivity index (χ2v) is 4.40. The maximum Gasteiger partial charge on any atom is 0.159 e. The molecule has 0 fully saturated rings. The van der Waals surface area contributed by atoms with Crippen LogP contribution in [0, 0.1) is 17.1 Å². The van der Waals surface area contributed by atoms with Crippen molar-refractivity contribution >= 4 is 0 Å². The van der Waals surface area contributed by atoms with Gasteiger partial charge in [0.1, 0.15) is 11.9 Å². The molecule has 0 amide bonds. The molecule has 5 heteroatoms. The van der Waals surface area contributed by atoms with E-state index in [1.807, 2.05) is 0 Å². The first-order valence-electron chi connectivity index (χ1n) is 6.03. The van der Waals surface area contributed by atoms with E-state index < -0.39 is 5.82 Å². The zero-order valence-corrected chi connectivity index (χ0v) is 10.2.